The smallest absolute Gasteiger partial charge is 0.416 e. The van der Waals surface area contributed by atoms with E-state index in [9.17, 15) is 18.0 Å². The van der Waals surface area contributed by atoms with E-state index in [1.807, 2.05) is 0 Å². The maximum absolute atomic E-state index is 12.8. The van der Waals surface area contributed by atoms with Gasteiger partial charge in [0.15, 0.2) is 5.82 Å². The van der Waals surface area contributed by atoms with Gasteiger partial charge in [-0.3, -0.25) is 0 Å². The largest absolute Gasteiger partial charge is 0.462 e. The Labute approximate surface area is 173 Å². The molecule has 0 spiro atoms. The van der Waals surface area contributed by atoms with Crippen molar-refractivity contribution in [3.05, 3.63) is 41.6 Å². The summed E-state index contributed by atoms with van der Waals surface area (Å²) in [7, 11) is 2.09. The lowest BCUT2D eigenvalue weighted by Gasteiger charge is -2.20. The summed E-state index contributed by atoms with van der Waals surface area (Å²) < 4.78 is 43.5. The van der Waals surface area contributed by atoms with Crippen molar-refractivity contribution in [3.63, 3.8) is 0 Å². The number of anilines is 1. The Morgan fingerprint density at radius 3 is 2.63 bits per heavy atom. The zero-order valence-corrected chi connectivity index (χ0v) is 17.0. The van der Waals surface area contributed by atoms with Crippen LogP contribution in [-0.4, -0.2) is 53.6 Å². The van der Waals surface area contributed by atoms with Gasteiger partial charge in [0.1, 0.15) is 11.4 Å². The summed E-state index contributed by atoms with van der Waals surface area (Å²) in [4.78, 5) is 23.1. The minimum absolute atomic E-state index is 0.201. The van der Waals surface area contributed by atoms with Crippen LogP contribution in [0.15, 0.2) is 30.5 Å². The molecule has 1 N–H and O–H groups in total. The Hall–Kier alpha value is -2.68. The molecule has 162 valence electrons. The van der Waals surface area contributed by atoms with Gasteiger partial charge in [-0.05, 0) is 51.9 Å². The number of nitrogens with one attached hydrogen (secondary N) is 1. The predicted molar refractivity (Wildman–Crippen MR) is 107 cm³/mol. The van der Waals surface area contributed by atoms with Gasteiger partial charge in [0.25, 0.3) is 0 Å². The molecule has 1 unspecified atom stereocenters. The maximum Gasteiger partial charge on any atom is 0.416 e. The van der Waals surface area contributed by atoms with Crippen molar-refractivity contribution in [2.75, 3.05) is 32.1 Å². The standard InChI is InChI=1S/C21H25F3N4O2/c1-3-30-20(29)17-13-26-18(14-6-8-15(9-7-14)21(22,23)24)27-19(17)25-11-10-16-5-4-12-28(16)2/h6-9,13,16H,3-5,10-12H2,1-2H3,(H,25,26,27). The van der Waals surface area contributed by atoms with Crippen molar-refractivity contribution in [3.8, 4) is 11.4 Å². The highest BCUT2D eigenvalue weighted by Crippen LogP contribution is 2.30. The molecule has 2 aromatic rings. The number of aromatic nitrogens is 2. The highest BCUT2D eigenvalue weighted by molar-refractivity contribution is 5.94. The second-order valence-corrected chi connectivity index (χ2v) is 7.24. The summed E-state index contributed by atoms with van der Waals surface area (Å²) in [5.74, 6) is 0.00760. The van der Waals surface area contributed by atoms with E-state index in [1.165, 1.54) is 24.8 Å². The Bertz CT molecular complexity index is 872. The second-order valence-electron chi connectivity index (χ2n) is 7.24. The molecule has 0 amide bonds. The van der Waals surface area contributed by atoms with Crippen LogP contribution in [0, 0.1) is 0 Å². The number of carbonyl (C=O) groups excluding carboxylic acids is 1. The Morgan fingerprint density at radius 1 is 1.30 bits per heavy atom. The quantitative estimate of drug-likeness (QED) is 0.674. The summed E-state index contributed by atoms with van der Waals surface area (Å²) in [6.07, 6.45) is 0.123. The molecule has 1 aliphatic heterocycles. The number of rotatable bonds is 7. The molecule has 0 radical (unpaired) electrons. The third-order valence-corrected chi connectivity index (χ3v) is 5.20. The minimum Gasteiger partial charge on any atom is -0.462 e. The van der Waals surface area contributed by atoms with Crippen molar-refractivity contribution in [1.82, 2.24) is 14.9 Å². The van der Waals surface area contributed by atoms with Gasteiger partial charge in [-0.25, -0.2) is 14.8 Å². The van der Waals surface area contributed by atoms with Crippen LogP contribution >= 0.6 is 0 Å². The SMILES string of the molecule is CCOC(=O)c1cnc(-c2ccc(C(F)(F)F)cc2)nc1NCCC1CCCN1C. The fourth-order valence-corrected chi connectivity index (χ4v) is 3.52. The summed E-state index contributed by atoms with van der Waals surface area (Å²) in [5.41, 5.74) is -0.113. The summed E-state index contributed by atoms with van der Waals surface area (Å²) >= 11 is 0. The molecular formula is C21H25F3N4O2. The molecule has 1 aliphatic rings. The average Bonchev–Trinajstić information content (AvgIpc) is 3.12. The summed E-state index contributed by atoms with van der Waals surface area (Å²) in [6.45, 7) is 3.60. The van der Waals surface area contributed by atoms with Gasteiger partial charge in [0.2, 0.25) is 0 Å². The van der Waals surface area contributed by atoms with Crippen LogP contribution in [0.1, 0.15) is 42.1 Å². The predicted octanol–water partition coefficient (Wildman–Crippen LogP) is 4.24. The van der Waals surface area contributed by atoms with Gasteiger partial charge in [-0.1, -0.05) is 12.1 Å². The highest BCUT2D eigenvalue weighted by Gasteiger charge is 2.30. The van der Waals surface area contributed by atoms with E-state index < -0.39 is 17.7 Å². The first-order chi connectivity index (χ1) is 14.3. The number of benzene rings is 1. The molecule has 1 saturated heterocycles. The molecule has 0 bridgehead atoms. The van der Waals surface area contributed by atoms with E-state index in [0.717, 1.165) is 31.5 Å². The van der Waals surface area contributed by atoms with Crippen LogP contribution in [0.25, 0.3) is 11.4 Å². The lowest BCUT2D eigenvalue weighted by Crippen LogP contribution is -2.27. The number of likely N-dealkylation sites (tertiary alicyclic amines) is 1. The van der Waals surface area contributed by atoms with Crippen molar-refractivity contribution < 1.29 is 22.7 Å². The molecule has 30 heavy (non-hydrogen) atoms. The van der Waals surface area contributed by atoms with Crippen LogP contribution in [0.2, 0.25) is 0 Å². The first kappa shape index (κ1) is 22.0. The van der Waals surface area contributed by atoms with E-state index in [4.69, 9.17) is 4.74 Å². The monoisotopic (exact) mass is 422 g/mol. The van der Waals surface area contributed by atoms with Crippen LogP contribution in [-0.2, 0) is 10.9 Å². The number of halogens is 3. The van der Waals surface area contributed by atoms with Crippen LogP contribution < -0.4 is 5.32 Å². The minimum atomic E-state index is -4.41. The molecule has 1 aromatic heterocycles. The van der Waals surface area contributed by atoms with Crippen molar-refractivity contribution >= 4 is 11.8 Å². The van der Waals surface area contributed by atoms with Gasteiger partial charge >= 0.3 is 12.1 Å². The Morgan fingerprint density at radius 2 is 2.03 bits per heavy atom. The molecule has 1 aromatic carbocycles. The van der Waals surface area contributed by atoms with Gasteiger partial charge in [0, 0.05) is 24.3 Å². The molecule has 3 rings (SSSR count). The molecular weight excluding hydrogens is 397 g/mol. The number of nitrogens with zero attached hydrogens (tertiary/aromatic N) is 3. The van der Waals surface area contributed by atoms with E-state index >= 15 is 0 Å². The number of hydrogen-bond donors (Lipinski definition) is 1. The number of carbonyl (C=O) groups is 1. The number of ether oxygens (including phenoxy) is 1. The zero-order valence-electron chi connectivity index (χ0n) is 17.0. The third-order valence-electron chi connectivity index (χ3n) is 5.20. The number of alkyl halides is 3. The van der Waals surface area contributed by atoms with Crippen LogP contribution in [0.3, 0.4) is 0 Å². The molecule has 9 heteroatoms. The van der Waals surface area contributed by atoms with Crippen molar-refractivity contribution in [1.29, 1.82) is 0 Å². The summed E-state index contributed by atoms with van der Waals surface area (Å²) in [5, 5.41) is 3.19. The second kappa shape index (κ2) is 9.42. The number of esters is 1. The van der Waals surface area contributed by atoms with E-state index in [1.54, 1.807) is 6.92 Å². The first-order valence-corrected chi connectivity index (χ1v) is 9.95. The molecule has 1 atom stereocenters. The van der Waals surface area contributed by atoms with E-state index in [2.05, 4.69) is 27.2 Å². The van der Waals surface area contributed by atoms with Crippen molar-refractivity contribution in [2.24, 2.45) is 0 Å². The highest BCUT2D eigenvalue weighted by atomic mass is 19.4. The third kappa shape index (κ3) is 5.27. The van der Waals surface area contributed by atoms with Crippen LogP contribution in [0.5, 0.6) is 0 Å². The van der Waals surface area contributed by atoms with Crippen molar-refractivity contribution in [2.45, 2.75) is 38.4 Å². The average molecular weight is 422 g/mol. The maximum atomic E-state index is 12.8. The topological polar surface area (TPSA) is 67.3 Å². The van der Waals surface area contributed by atoms with Gasteiger partial charge in [-0.15, -0.1) is 0 Å². The lowest BCUT2D eigenvalue weighted by molar-refractivity contribution is -0.137. The fraction of sp³-hybridized carbons (Fsp3) is 0.476. The normalized spacial score (nSPS) is 17.2. The lowest BCUT2D eigenvalue weighted by atomic mass is 10.1. The number of hydrogen-bond acceptors (Lipinski definition) is 6. The Kier molecular flexibility index (Phi) is 6.91. The molecule has 0 aliphatic carbocycles. The Balaban J connectivity index is 1.81. The van der Waals surface area contributed by atoms with E-state index in [-0.39, 0.29) is 18.0 Å². The molecule has 1 fully saturated rings. The molecule has 2 heterocycles. The van der Waals surface area contributed by atoms with Gasteiger partial charge < -0.3 is 15.0 Å². The molecule has 0 saturated carbocycles. The fourth-order valence-electron chi connectivity index (χ4n) is 3.52. The van der Waals surface area contributed by atoms with Gasteiger partial charge in [0.05, 0.1) is 12.2 Å². The first-order valence-electron chi connectivity index (χ1n) is 9.95. The zero-order chi connectivity index (χ0) is 21.7. The summed E-state index contributed by atoms with van der Waals surface area (Å²) in [6, 6.07) is 5.08. The van der Waals surface area contributed by atoms with Crippen LogP contribution in [0.4, 0.5) is 19.0 Å². The van der Waals surface area contributed by atoms with Gasteiger partial charge in [-0.2, -0.15) is 13.2 Å². The van der Waals surface area contributed by atoms with E-state index in [0.29, 0.717) is 24.0 Å². The molecule has 6 nitrogen and oxygen atoms in total.